The van der Waals surface area contributed by atoms with E-state index in [-0.39, 0.29) is 6.09 Å². The van der Waals surface area contributed by atoms with Gasteiger partial charge in [-0.2, -0.15) is 0 Å². The first-order chi connectivity index (χ1) is 7.66. The predicted molar refractivity (Wildman–Crippen MR) is 63.0 cm³/mol. The lowest BCUT2D eigenvalue weighted by Crippen LogP contribution is -2.25. The zero-order valence-corrected chi connectivity index (χ0v) is 9.62. The molecule has 1 N–H and O–H groups in total. The summed E-state index contributed by atoms with van der Waals surface area (Å²) in [4.78, 5) is 12.8. The van der Waals surface area contributed by atoms with Crippen LogP contribution in [0.2, 0.25) is 0 Å². The lowest BCUT2D eigenvalue weighted by Gasteiger charge is -2.19. The second kappa shape index (κ2) is 4.43. The van der Waals surface area contributed by atoms with E-state index in [9.17, 15) is 4.79 Å². The van der Waals surface area contributed by atoms with E-state index < -0.39 is 0 Å². The van der Waals surface area contributed by atoms with Crippen molar-refractivity contribution in [3.8, 4) is 5.75 Å². The SMILES string of the molecule is CN(C)C(=O)Oc1ccc2c(c1)CCCN2. The molecule has 0 fully saturated rings. The molecule has 1 aromatic rings. The summed E-state index contributed by atoms with van der Waals surface area (Å²) >= 11 is 0. The molecular weight excluding hydrogens is 204 g/mol. The first-order valence-corrected chi connectivity index (χ1v) is 5.43. The first-order valence-electron chi connectivity index (χ1n) is 5.43. The number of anilines is 1. The zero-order chi connectivity index (χ0) is 11.5. The van der Waals surface area contributed by atoms with E-state index in [0.29, 0.717) is 5.75 Å². The van der Waals surface area contributed by atoms with Gasteiger partial charge in [0.15, 0.2) is 0 Å². The molecule has 0 unspecified atom stereocenters. The largest absolute Gasteiger partial charge is 0.414 e. The minimum atomic E-state index is -0.344. The molecule has 0 atom stereocenters. The van der Waals surface area contributed by atoms with Crippen LogP contribution in [0.4, 0.5) is 10.5 Å². The fourth-order valence-electron chi connectivity index (χ4n) is 1.71. The molecule has 86 valence electrons. The van der Waals surface area contributed by atoms with E-state index in [2.05, 4.69) is 5.32 Å². The fourth-order valence-corrected chi connectivity index (χ4v) is 1.71. The summed E-state index contributed by atoms with van der Waals surface area (Å²) in [5, 5.41) is 3.32. The summed E-state index contributed by atoms with van der Waals surface area (Å²) in [5.74, 6) is 0.612. The molecule has 0 radical (unpaired) electrons. The molecule has 0 saturated carbocycles. The number of ether oxygens (including phenoxy) is 1. The molecule has 2 rings (SSSR count). The first kappa shape index (κ1) is 10.8. The minimum absolute atomic E-state index is 0.344. The Bertz CT molecular complexity index is 402. The Morgan fingerprint density at radius 1 is 1.44 bits per heavy atom. The summed E-state index contributed by atoms with van der Waals surface area (Å²) < 4.78 is 5.20. The summed E-state index contributed by atoms with van der Waals surface area (Å²) in [6.45, 7) is 1.02. The fraction of sp³-hybridized carbons (Fsp3) is 0.417. The highest BCUT2D eigenvalue weighted by molar-refractivity contribution is 5.70. The highest BCUT2D eigenvalue weighted by atomic mass is 16.6. The van der Waals surface area contributed by atoms with E-state index in [0.717, 1.165) is 25.1 Å². The second-order valence-corrected chi connectivity index (χ2v) is 4.11. The quantitative estimate of drug-likeness (QED) is 0.788. The number of fused-ring (bicyclic) bond motifs is 1. The molecule has 1 aliphatic heterocycles. The third kappa shape index (κ3) is 2.27. The number of hydrogen-bond acceptors (Lipinski definition) is 3. The summed E-state index contributed by atoms with van der Waals surface area (Å²) in [6.07, 6.45) is 1.82. The lowest BCUT2D eigenvalue weighted by atomic mass is 10.0. The number of hydrogen-bond donors (Lipinski definition) is 1. The second-order valence-electron chi connectivity index (χ2n) is 4.11. The molecule has 0 aromatic heterocycles. The van der Waals surface area contributed by atoms with Gasteiger partial charge in [-0.15, -0.1) is 0 Å². The van der Waals surface area contributed by atoms with Crippen LogP contribution in [0, 0.1) is 0 Å². The number of rotatable bonds is 1. The number of carbonyl (C=O) groups excluding carboxylic acids is 1. The molecule has 4 heteroatoms. The molecule has 1 heterocycles. The van der Waals surface area contributed by atoms with Crippen molar-refractivity contribution < 1.29 is 9.53 Å². The molecule has 0 aliphatic carbocycles. The number of nitrogens with zero attached hydrogens (tertiary/aromatic N) is 1. The maximum atomic E-state index is 11.4. The molecule has 0 saturated heterocycles. The van der Waals surface area contributed by atoms with Gasteiger partial charge >= 0.3 is 6.09 Å². The molecule has 16 heavy (non-hydrogen) atoms. The van der Waals surface area contributed by atoms with E-state index in [1.54, 1.807) is 14.1 Å². The van der Waals surface area contributed by atoms with Crippen LogP contribution in [0.1, 0.15) is 12.0 Å². The summed E-state index contributed by atoms with van der Waals surface area (Å²) in [6, 6.07) is 5.72. The maximum Gasteiger partial charge on any atom is 0.414 e. The Labute approximate surface area is 95.2 Å². The van der Waals surface area contributed by atoms with E-state index in [4.69, 9.17) is 4.74 Å². The standard InChI is InChI=1S/C12H16N2O2/c1-14(2)12(15)16-10-5-6-11-9(8-10)4-3-7-13-11/h5-6,8,13H,3-4,7H2,1-2H3. The number of amides is 1. The smallest absolute Gasteiger partial charge is 0.410 e. The van der Waals surface area contributed by atoms with Crippen molar-refractivity contribution >= 4 is 11.8 Å². The van der Waals surface area contributed by atoms with E-state index in [1.165, 1.54) is 10.5 Å². The van der Waals surface area contributed by atoms with Crippen LogP contribution in [-0.4, -0.2) is 31.6 Å². The van der Waals surface area contributed by atoms with Crippen molar-refractivity contribution in [1.82, 2.24) is 4.90 Å². The van der Waals surface area contributed by atoms with E-state index in [1.807, 2.05) is 18.2 Å². The highest BCUT2D eigenvalue weighted by Gasteiger charge is 2.11. The Morgan fingerprint density at radius 2 is 2.25 bits per heavy atom. The van der Waals surface area contributed by atoms with Gasteiger partial charge in [0, 0.05) is 26.3 Å². The third-order valence-corrected chi connectivity index (χ3v) is 2.59. The van der Waals surface area contributed by atoms with Crippen LogP contribution in [0.5, 0.6) is 5.75 Å². The minimum Gasteiger partial charge on any atom is -0.410 e. The van der Waals surface area contributed by atoms with Crippen molar-refractivity contribution in [2.24, 2.45) is 0 Å². The molecule has 1 amide bonds. The van der Waals surface area contributed by atoms with Gasteiger partial charge in [0.1, 0.15) is 5.75 Å². The summed E-state index contributed by atoms with van der Waals surface area (Å²) in [5.41, 5.74) is 2.37. The molecule has 4 nitrogen and oxygen atoms in total. The zero-order valence-electron chi connectivity index (χ0n) is 9.62. The number of carbonyl (C=O) groups is 1. The van der Waals surface area contributed by atoms with Crippen LogP contribution >= 0.6 is 0 Å². The Balaban J connectivity index is 2.14. The van der Waals surface area contributed by atoms with Crippen molar-refractivity contribution in [2.75, 3.05) is 26.0 Å². The number of aryl methyl sites for hydroxylation is 1. The number of benzene rings is 1. The molecule has 1 aliphatic rings. The van der Waals surface area contributed by atoms with Crippen LogP contribution in [-0.2, 0) is 6.42 Å². The van der Waals surface area contributed by atoms with Crippen molar-refractivity contribution in [3.63, 3.8) is 0 Å². The third-order valence-electron chi connectivity index (χ3n) is 2.59. The maximum absolute atomic E-state index is 11.4. The van der Waals surface area contributed by atoms with Gasteiger partial charge in [-0.25, -0.2) is 4.79 Å². The van der Waals surface area contributed by atoms with Gasteiger partial charge in [-0.3, -0.25) is 0 Å². The Kier molecular flexibility index (Phi) is 2.99. The van der Waals surface area contributed by atoms with Crippen molar-refractivity contribution in [3.05, 3.63) is 23.8 Å². The van der Waals surface area contributed by atoms with Crippen molar-refractivity contribution in [1.29, 1.82) is 0 Å². The van der Waals surface area contributed by atoms with Crippen LogP contribution < -0.4 is 10.1 Å². The van der Waals surface area contributed by atoms with Gasteiger partial charge in [0.2, 0.25) is 0 Å². The summed E-state index contributed by atoms with van der Waals surface area (Å²) in [7, 11) is 3.34. The van der Waals surface area contributed by atoms with Gasteiger partial charge in [-0.05, 0) is 36.6 Å². The molecular formula is C12H16N2O2. The van der Waals surface area contributed by atoms with E-state index >= 15 is 0 Å². The average Bonchev–Trinajstić information content (AvgIpc) is 2.28. The van der Waals surface area contributed by atoms with Gasteiger partial charge < -0.3 is 15.0 Å². The van der Waals surface area contributed by atoms with Crippen LogP contribution in [0.25, 0.3) is 0 Å². The molecule has 0 bridgehead atoms. The van der Waals surface area contributed by atoms with Gasteiger partial charge in [0.05, 0.1) is 0 Å². The highest BCUT2D eigenvalue weighted by Crippen LogP contribution is 2.26. The Morgan fingerprint density at radius 3 is 3.00 bits per heavy atom. The van der Waals surface area contributed by atoms with Crippen LogP contribution in [0.3, 0.4) is 0 Å². The van der Waals surface area contributed by atoms with Crippen molar-refractivity contribution in [2.45, 2.75) is 12.8 Å². The Hall–Kier alpha value is -1.71. The lowest BCUT2D eigenvalue weighted by molar-refractivity contribution is 0.172. The average molecular weight is 220 g/mol. The predicted octanol–water partition coefficient (Wildman–Crippen LogP) is 2.11. The number of nitrogens with one attached hydrogen (secondary N) is 1. The van der Waals surface area contributed by atoms with Gasteiger partial charge in [0.25, 0.3) is 0 Å². The topological polar surface area (TPSA) is 41.6 Å². The van der Waals surface area contributed by atoms with Crippen LogP contribution in [0.15, 0.2) is 18.2 Å². The monoisotopic (exact) mass is 220 g/mol. The normalized spacial score (nSPS) is 13.6. The van der Waals surface area contributed by atoms with Gasteiger partial charge in [-0.1, -0.05) is 0 Å². The molecule has 0 spiro atoms. The molecule has 1 aromatic carbocycles.